The van der Waals surface area contributed by atoms with Gasteiger partial charge < -0.3 is 5.32 Å². The van der Waals surface area contributed by atoms with Crippen LogP contribution in [0.25, 0.3) is 10.6 Å². The number of aromatic nitrogens is 3. The normalized spacial score (nSPS) is 17.9. The molecular formula is C21H24N4O3S2. The number of aryl methyl sites for hydroxylation is 2. The van der Waals surface area contributed by atoms with Gasteiger partial charge in [-0.15, -0.1) is 11.3 Å². The van der Waals surface area contributed by atoms with Gasteiger partial charge in [0.05, 0.1) is 35.4 Å². The highest BCUT2D eigenvalue weighted by Gasteiger charge is 2.31. The molecule has 158 valence electrons. The Morgan fingerprint density at radius 2 is 2.07 bits per heavy atom. The molecule has 0 unspecified atom stereocenters. The van der Waals surface area contributed by atoms with Gasteiger partial charge in [0, 0.05) is 17.0 Å². The number of thiazole rings is 1. The van der Waals surface area contributed by atoms with Crippen molar-refractivity contribution in [3.63, 3.8) is 0 Å². The minimum atomic E-state index is -3.04. The summed E-state index contributed by atoms with van der Waals surface area (Å²) in [6, 6.07) is 9.82. The molecular weight excluding hydrogens is 420 g/mol. The van der Waals surface area contributed by atoms with Crippen molar-refractivity contribution in [2.75, 3.05) is 16.8 Å². The van der Waals surface area contributed by atoms with Crippen LogP contribution in [0.5, 0.6) is 0 Å². The van der Waals surface area contributed by atoms with Crippen molar-refractivity contribution < 1.29 is 13.2 Å². The third kappa shape index (κ3) is 4.62. The van der Waals surface area contributed by atoms with Crippen molar-refractivity contribution in [3.8, 4) is 10.6 Å². The van der Waals surface area contributed by atoms with E-state index in [1.165, 1.54) is 16.9 Å². The van der Waals surface area contributed by atoms with Crippen LogP contribution in [0.1, 0.15) is 36.3 Å². The summed E-state index contributed by atoms with van der Waals surface area (Å²) in [6.45, 7) is 3.94. The minimum Gasteiger partial charge on any atom is -0.311 e. The molecule has 1 fully saturated rings. The lowest BCUT2D eigenvalue weighted by atomic mass is 10.1. The summed E-state index contributed by atoms with van der Waals surface area (Å²) < 4.78 is 25.3. The van der Waals surface area contributed by atoms with E-state index in [4.69, 9.17) is 0 Å². The molecule has 2 aromatic heterocycles. The summed E-state index contributed by atoms with van der Waals surface area (Å²) in [4.78, 5) is 17.2. The highest BCUT2D eigenvalue weighted by Crippen LogP contribution is 2.28. The van der Waals surface area contributed by atoms with Crippen LogP contribution in [0.4, 0.5) is 5.82 Å². The fourth-order valence-corrected chi connectivity index (χ4v) is 6.13. The fourth-order valence-electron chi connectivity index (χ4n) is 3.61. The van der Waals surface area contributed by atoms with Crippen molar-refractivity contribution in [3.05, 3.63) is 52.7 Å². The molecule has 1 amide bonds. The first-order valence-electron chi connectivity index (χ1n) is 9.93. The molecule has 0 radical (unpaired) electrons. The number of amides is 1. The number of sulfone groups is 1. The van der Waals surface area contributed by atoms with Crippen molar-refractivity contribution in [2.24, 2.45) is 0 Å². The molecule has 1 aromatic carbocycles. The number of rotatable bonds is 6. The molecule has 3 aromatic rings. The van der Waals surface area contributed by atoms with E-state index in [0.29, 0.717) is 17.9 Å². The van der Waals surface area contributed by atoms with Crippen molar-refractivity contribution in [1.29, 1.82) is 0 Å². The molecule has 0 spiro atoms. The zero-order valence-corrected chi connectivity index (χ0v) is 18.6. The molecule has 1 atom stereocenters. The van der Waals surface area contributed by atoms with Crippen LogP contribution in [-0.2, 0) is 27.5 Å². The number of benzene rings is 1. The Kier molecular flexibility index (Phi) is 5.75. The number of hydrogen-bond donors (Lipinski definition) is 1. The number of carbonyl (C=O) groups excluding carboxylic acids is 1. The number of carbonyl (C=O) groups is 1. The molecule has 0 aliphatic carbocycles. The lowest BCUT2D eigenvalue weighted by Crippen LogP contribution is -2.20. The molecule has 7 nitrogen and oxygen atoms in total. The third-order valence-electron chi connectivity index (χ3n) is 5.18. The maximum absolute atomic E-state index is 12.6. The first-order chi connectivity index (χ1) is 14.3. The largest absolute Gasteiger partial charge is 0.311 e. The molecule has 0 saturated carbocycles. The van der Waals surface area contributed by atoms with Crippen molar-refractivity contribution >= 4 is 32.9 Å². The number of hydrogen-bond acceptors (Lipinski definition) is 6. The summed E-state index contributed by atoms with van der Waals surface area (Å²) in [6.07, 6.45) is 1.65. The average molecular weight is 445 g/mol. The second kappa shape index (κ2) is 8.31. The average Bonchev–Trinajstić information content (AvgIpc) is 3.40. The first-order valence-corrected chi connectivity index (χ1v) is 12.6. The predicted molar refractivity (Wildman–Crippen MR) is 119 cm³/mol. The van der Waals surface area contributed by atoms with Crippen LogP contribution in [0.2, 0.25) is 0 Å². The predicted octanol–water partition coefficient (Wildman–Crippen LogP) is 3.42. The van der Waals surface area contributed by atoms with Crippen molar-refractivity contribution in [1.82, 2.24) is 14.8 Å². The molecule has 3 heterocycles. The Hall–Kier alpha value is -2.52. The van der Waals surface area contributed by atoms with E-state index in [2.05, 4.69) is 46.6 Å². The van der Waals surface area contributed by atoms with Gasteiger partial charge in [-0.2, -0.15) is 5.10 Å². The van der Waals surface area contributed by atoms with E-state index in [1.807, 2.05) is 12.3 Å². The molecule has 0 bridgehead atoms. The SMILES string of the molecule is CCc1ccc(-c2nc(CC(=O)Nc3cc(C)nn3[C@@H]3CCS(=O)(=O)C3)cs2)cc1. The highest BCUT2D eigenvalue weighted by molar-refractivity contribution is 7.91. The first kappa shape index (κ1) is 20.7. The molecule has 9 heteroatoms. The molecule has 1 aliphatic heterocycles. The summed E-state index contributed by atoms with van der Waals surface area (Å²) in [5.41, 5.74) is 3.76. The van der Waals surface area contributed by atoms with E-state index < -0.39 is 9.84 Å². The Morgan fingerprint density at radius 1 is 1.30 bits per heavy atom. The van der Waals surface area contributed by atoms with Gasteiger partial charge in [0.15, 0.2) is 9.84 Å². The maximum Gasteiger partial charge on any atom is 0.231 e. The van der Waals surface area contributed by atoms with Gasteiger partial charge in [0.1, 0.15) is 10.8 Å². The van der Waals surface area contributed by atoms with E-state index in [0.717, 1.165) is 22.7 Å². The summed E-state index contributed by atoms with van der Waals surface area (Å²) in [5, 5.41) is 10.1. The van der Waals surface area contributed by atoms with Gasteiger partial charge in [0.25, 0.3) is 0 Å². The van der Waals surface area contributed by atoms with Crippen molar-refractivity contribution in [2.45, 2.75) is 39.2 Å². The molecule has 30 heavy (non-hydrogen) atoms. The van der Waals surface area contributed by atoms with E-state index in [1.54, 1.807) is 10.7 Å². The Bertz CT molecular complexity index is 1160. The Balaban J connectivity index is 1.44. The quantitative estimate of drug-likeness (QED) is 0.629. The smallest absolute Gasteiger partial charge is 0.231 e. The van der Waals surface area contributed by atoms with E-state index in [9.17, 15) is 13.2 Å². The maximum atomic E-state index is 12.6. The molecule has 1 N–H and O–H groups in total. The summed E-state index contributed by atoms with van der Waals surface area (Å²) in [7, 11) is -3.04. The van der Waals surface area contributed by atoms with Crippen LogP contribution in [-0.4, -0.2) is 40.6 Å². The van der Waals surface area contributed by atoms with Crippen LogP contribution in [0.15, 0.2) is 35.7 Å². The van der Waals surface area contributed by atoms with Gasteiger partial charge in [-0.05, 0) is 25.3 Å². The Labute approximate surface area is 180 Å². The monoisotopic (exact) mass is 444 g/mol. The summed E-state index contributed by atoms with van der Waals surface area (Å²) >= 11 is 1.52. The zero-order chi connectivity index (χ0) is 21.3. The zero-order valence-electron chi connectivity index (χ0n) is 17.0. The van der Waals surface area contributed by atoms with Gasteiger partial charge in [-0.25, -0.2) is 18.1 Å². The van der Waals surface area contributed by atoms with E-state index in [-0.39, 0.29) is 29.9 Å². The summed E-state index contributed by atoms with van der Waals surface area (Å²) in [5.74, 6) is 0.550. The third-order valence-corrected chi connectivity index (χ3v) is 7.87. The second-order valence-corrected chi connectivity index (χ2v) is 10.7. The number of nitrogens with one attached hydrogen (secondary N) is 1. The van der Waals surface area contributed by atoms with Gasteiger partial charge in [0.2, 0.25) is 5.91 Å². The second-order valence-electron chi connectivity index (χ2n) is 7.59. The van der Waals surface area contributed by atoms with Crippen LogP contribution in [0, 0.1) is 6.92 Å². The van der Waals surface area contributed by atoms with Crippen LogP contribution < -0.4 is 5.32 Å². The highest BCUT2D eigenvalue weighted by atomic mass is 32.2. The molecule has 4 rings (SSSR count). The number of nitrogens with zero attached hydrogens (tertiary/aromatic N) is 3. The lowest BCUT2D eigenvalue weighted by Gasteiger charge is -2.13. The van der Waals surface area contributed by atoms with Gasteiger partial charge in [-0.1, -0.05) is 31.2 Å². The molecule has 1 aliphatic rings. The number of anilines is 1. The van der Waals surface area contributed by atoms with Gasteiger partial charge >= 0.3 is 0 Å². The molecule has 1 saturated heterocycles. The topological polar surface area (TPSA) is 93.9 Å². The van der Waals surface area contributed by atoms with Crippen LogP contribution in [0.3, 0.4) is 0 Å². The minimum absolute atomic E-state index is 0.0588. The fraction of sp³-hybridized carbons (Fsp3) is 0.381. The lowest BCUT2D eigenvalue weighted by molar-refractivity contribution is -0.115. The van der Waals surface area contributed by atoms with Gasteiger partial charge in [-0.3, -0.25) is 4.79 Å². The Morgan fingerprint density at radius 3 is 2.73 bits per heavy atom. The standard InChI is InChI=1S/C21H24N4O3S2/c1-3-15-4-6-16(7-5-15)21-22-17(12-29-21)11-20(26)23-19-10-14(2)24-25(19)18-8-9-30(27,28)13-18/h4-7,10,12,18H,3,8-9,11,13H2,1-2H3,(H,23,26)/t18-/m1/s1. The van der Waals surface area contributed by atoms with Crippen LogP contribution >= 0.6 is 11.3 Å². The van der Waals surface area contributed by atoms with E-state index >= 15 is 0 Å².